The summed E-state index contributed by atoms with van der Waals surface area (Å²) in [6.45, 7) is -0.270. The number of benzene rings is 2. The summed E-state index contributed by atoms with van der Waals surface area (Å²) in [6.07, 6.45) is 0.427. The molecule has 0 unspecified atom stereocenters. The van der Waals surface area contributed by atoms with E-state index in [4.69, 9.17) is 0 Å². The Balaban J connectivity index is 1.56. The largest absolute Gasteiger partial charge is 0.394 e. The molecule has 28 heavy (non-hydrogen) atoms. The van der Waals surface area contributed by atoms with E-state index in [1.807, 2.05) is 30.3 Å². The van der Waals surface area contributed by atoms with Crippen LogP contribution in [0.3, 0.4) is 0 Å². The summed E-state index contributed by atoms with van der Waals surface area (Å²) in [7, 11) is 1.67. The molecule has 0 saturated heterocycles. The molecule has 0 radical (unpaired) electrons. The standard InChI is InChI=1S/C19H20N6O3/c1-25-23-17(22-24-25)14-7-9-15(10-8-14)20-18(27)19(28)21-16(12-26)11-13-5-3-2-4-6-13/h2-10,16,26H,11-12H2,1H3,(H,20,27)(H,21,28)/t16-/m0/s1. The molecule has 144 valence electrons. The molecule has 1 atom stereocenters. The van der Waals surface area contributed by atoms with Crippen LogP contribution in [0.5, 0.6) is 0 Å². The SMILES string of the molecule is Cn1nnc(-c2ccc(NC(=O)C(=O)N[C@H](CO)Cc3ccccc3)cc2)n1. The van der Waals surface area contributed by atoms with E-state index in [2.05, 4.69) is 26.0 Å². The molecule has 0 aliphatic carbocycles. The number of carbonyl (C=O) groups excluding carboxylic acids is 2. The van der Waals surface area contributed by atoms with E-state index in [9.17, 15) is 14.7 Å². The Kier molecular flexibility index (Phi) is 6.07. The molecule has 0 saturated carbocycles. The minimum absolute atomic E-state index is 0.270. The van der Waals surface area contributed by atoms with Crippen LogP contribution in [-0.2, 0) is 23.1 Å². The van der Waals surface area contributed by atoms with Gasteiger partial charge in [-0.3, -0.25) is 9.59 Å². The summed E-state index contributed by atoms with van der Waals surface area (Å²) in [4.78, 5) is 25.6. The molecule has 3 N–H and O–H groups in total. The minimum atomic E-state index is -0.811. The van der Waals surface area contributed by atoms with Crippen LogP contribution in [0.15, 0.2) is 54.6 Å². The number of nitrogens with zero attached hydrogens (tertiary/aromatic N) is 4. The van der Waals surface area contributed by atoms with Gasteiger partial charge < -0.3 is 15.7 Å². The molecule has 2 aromatic carbocycles. The fraction of sp³-hybridized carbons (Fsp3) is 0.211. The van der Waals surface area contributed by atoms with Crippen molar-refractivity contribution in [3.63, 3.8) is 0 Å². The van der Waals surface area contributed by atoms with Crippen molar-refractivity contribution in [2.45, 2.75) is 12.5 Å². The highest BCUT2D eigenvalue weighted by atomic mass is 16.3. The lowest BCUT2D eigenvalue weighted by molar-refractivity contribution is -0.136. The molecule has 0 aliphatic rings. The van der Waals surface area contributed by atoms with Gasteiger partial charge in [-0.25, -0.2) is 0 Å². The number of aliphatic hydroxyl groups is 1. The monoisotopic (exact) mass is 380 g/mol. The van der Waals surface area contributed by atoms with E-state index >= 15 is 0 Å². The zero-order valence-corrected chi connectivity index (χ0v) is 15.2. The fourth-order valence-electron chi connectivity index (χ4n) is 2.60. The highest BCUT2D eigenvalue weighted by Crippen LogP contribution is 2.17. The third-order valence-corrected chi connectivity index (χ3v) is 4.00. The lowest BCUT2D eigenvalue weighted by Gasteiger charge is -2.16. The second-order valence-corrected chi connectivity index (χ2v) is 6.18. The van der Waals surface area contributed by atoms with Gasteiger partial charge in [-0.05, 0) is 41.5 Å². The molecule has 0 fully saturated rings. The summed E-state index contributed by atoms with van der Waals surface area (Å²) in [5.74, 6) is -1.16. The maximum atomic E-state index is 12.1. The van der Waals surface area contributed by atoms with E-state index in [1.165, 1.54) is 4.80 Å². The van der Waals surface area contributed by atoms with Crippen molar-refractivity contribution in [3.8, 4) is 11.4 Å². The number of amides is 2. The highest BCUT2D eigenvalue weighted by Gasteiger charge is 2.19. The number of rotatable bonds is 6. The van der Waals surface area contributed by atoms with Gasteiger partial charge in [-0.2, -0.15) is 4.80 Å². The van der Waals surface area contributed by atoms with Crippen LogP contribution in [-0.4, -0.2) is 49.8 Å². The number of anilines is 1. The molecule has 2 amide bonds. The maximum absolute atomic E-state index is 12.1. The van der Waals surface area contributed by atoms with Gasteiger partial charge in [0.15, 0.2) is 0 Å². The van der Waals surface area contributed by atoms with Crippen molar-refractivity contribution < 1.29 is 14.7 Å². The number of aliphatic hydroxyl groups excluding tert-OH is 1. The number of carbonyl (C=O) groups is 2. The Bertz CT molecular complexity index is 940. The predicted octanol–water partition coefficient (Wildman–Crippen LogP) is 0.535. The topological polar surface area (TPSA) is 122 Å². The first-order chi connectivity index (χ1) is 13.5. The smallest absolute Gasteiger partial charge is 0.313 e. The van der Waals surface area contributed by atoms with Crippen molar-refractivity contribution in [1.82, 2.24) is 25.5 Å². The van der Waals surface area contributed by atoms with Crippen LogP contribution >= 0.6 is 0 Å². The molecule has 0 bridgehead atoms. The molecular formula is C19H20N6O3. The molecule has 9 heteroatoms. The van der Waals surface area contributed by atoms with E-state index < -0.39 is 17.9 Å². The zero-order valence-electron chi connectivity index (χ0n) is 15.2. The van der Waals surface area contributed by atoms with Gasteiger partial charge in [0.05, 0.1) is 19.7 Å². The van der Waals surface area contributed by atoms with Crippen molar-refractivity contribution in [2.24, 2.45) is 7.05 Å². The van der Waals surface area contributed by atoms with Crippen molar-refractivity contribution >= 4 is 17.5 Å². The van der Waals surface area contributed by atoms with E-state index in [0.717, 1.165) is 11.1 Å². The van der Waals surface area contributed by atoms with Gasteiger partial charge >= 0.3 is 11.8 Å². The molecule has 0 aliphatic heterocycles. The van der Waals surface area contributed by atoms with Crippen LogP contribution in [0.25, 0.3) is 11.4 Å². The number of aryl methyl sites for hydroxylation is 1. The van der Waals surface area contributed by atoms with Crippen molar-refractivity contribution in [2.75, 3.05) is 11.9 Å². The summed E-state index contributed by atoms with van der Waals surface area (Å²) in [5, 5.41) is 26.3. The molecule has 3 rings (SSSR count). The Morgan fingerprint density at radius 1 is 1.07 bits per heavy atom. The lowest BCUT2D eigenvalue weighted by atomic mass is 10.1. The Labute approximate surface area is 161 Å². The number of aromatic nitrogens is 4. The highest BCUT2D eigenvalue weighted by molar-refractivity contribution is 6.39. The molecule has 1 aromatic heterocycles. The first-order valence-electron chi connectivity index (χ1n) is 8.66. The van der Waals surface area contributed by atoms with Crippen molar-refractivity contribution in [3.05, 3.63) is 60.2 Å². The van der Waals surface area contributed by atoms with Gasteiger partial charge in [-0.1, -0.05) is 30.3 Å². The Hall–Kier alpha value is -3.59. The van der Waals surface area contributed by atoms with Crippen LogP contribution in [0, 0.1) is 0 Å². The first-order valence-corrected chi connectivity index (χ1v) is 8.66. The summed E-state index contributed by atoms with van der Waals surface area (Å²) in [6, 6.07) is 15.6. The summed E-state index contributed by atoms with van der Waals surface area (Å²) < 4.78 is 0. The van der Waals surface area contributed by atoms with Gasteiger partial charge in [0, 0.05) is 11.3 Å². The molecular weight excluding hydrogens is 360 g/mol. The van der Waals surface area contributed by atoms with Gasteiger partial charge in [0.1, 0.15) is 0 Å². The predicted molar refractivity (Wildman–Crippen MR) is 102 cm³/mol. The third kappa shape index (κ3) is 4.98. The minimum Gasteiger partial charge on any atom is -0.394 e. The van der Waals surface area contributed by atoms with Crippen molar-refractivity contribution in [1.29, 1.82) is 0 Å². The van der Waals surface area contributed by atoms with Crippen LogP contribution in [0.1, 0.15) is 5.56 Å². The molecule has 3 aromatic rings. The Morgan fingerprint density at radius 2 is 1.79 bits per heavy atom. The zero-order chi connectivity index (χ0) is 19.9. The number of hydrogen-bond acceptors (Lipinski definition) is 6. The fourth-order valence-corrected chi connectivity index (χ4v) is 2.60. The second-order valence-electron chi connectivity index (χ2n) is 6.18. The number of nitrogens with one attached hydrogen (secondary N) is 2. The molecule has 0 spiro atoms. The number of tetrazole rings is 1. The summed E-state index contributed by atoms with van der Waals surface area (Å²) in [5.41, 5.74) is 2.14. The summed E-state index contributed by atoms with van der Waals surface area (Å²) >= 11 is 0. The van der Waals surface area contributed by atoms with Crippen LogP contribution in [0.4, 0.5) is 5.69 Å². The van der Waals surface area contributed by atoms with Gasteiger partial charge in [0.25, 0.3) is 0 Å². The third-order valence-electron chi connectivity index (χ3n) is 4.00. The maximum Gasteiger partial charge on any atom is 0.313 e. The van der Waals surface area contributed by atoms with Crippen LogP contribution < -0.4 is 10.6 Å². The Morgan fingerprint density at radius 3 is 2.39 bits per heavy atom. The van der Waals surface area contributed by atoms with E-state index in [1.54, 1.807) is 31.3 Å². The van der Waals surface area contributed by atoms with E-state index in [0.29, 0.717) is 17.9 Å². The average Bonchev–Trinajstić information content (AvgIpc) is 3.15. The second kappa shape index (κ2) is 8.87. The first kappa shape index (κ1) is 19.2. The molecule has 1 heterocycles. The lowest BCUT2D eigenvalue weighted by Crippen LogP contribution is -2.44. The normalized spacial score (nSPS) is 11.6. The van der Waals surface area contributed by atoms with E-state index in [-0.39, 0.29) is 6.61 Å². The average molecular weight is 380 g/mol. The number of hydrogen-bond donors (Lipinski definition) is 3. The molecule has 9 nitrogen and oxygen atoms in total. The van der Waals surface area contributed by atoms with Gasteiger partial charge in [0.2, 0.25) is 5.82 Å². The van der Waals surface area contributed by atoms with Gasteiger partial charge in [-0.15, -0.1) is 10.2 Å². The van der Waals surface area contributed by atoms with Crippen LogP contribution in [0.2, 0.25) is 0 Å². The quantitative estimate of drug-likeness (QED) is 0.537.